The molecule has 0 amide bonds. The third-order valence-electron chi connectivity index (χ3n) is 11.3. The minimum atomic E-state index is -0.364. The molecule has 8 aromatic rings. The highest BCUT2D eigenvalue weighted by Crippen LogP contribution is 2.39. The molecule has 328 valence electrons. The van der Waals surface area contributed by atoms with Crippen molar-refractivity contribution >= 4 is 43.8 Å². The van der Waals surface area contributed by atoms with E-state index in [2.05, 4.69) is 57.4 Å². The first kappa shape index (κ1) is 43.3. The van der Waals surface area contributed by atoms with Crippen LogP contribution in [-0.2, 0) is 36.9 Å². The number of nitrogens with zero attached hydrogens (tertiary/aromatic N) is 9. The summed E-state index contributed by atoms with van der Waals surface area (Å²) in [7, 11) is 3.78. The molecule has 4 aromatic carbocycles. The summed E-state index contributed by atoms with van der Waals surface area (Å²) in [5.41, 5.74) is 5.61. The van der Waals surface area contributed by atoms with E-state index in [0.717, 1.165) is 68.2 Å². The van der Waals surface area contributed by atoms with Crippen LogP contribution in [0.25, 0.3) is 33.3 Å². The van der Waals surface area contributed by atoms with Gasteiger partial charge in [-0.1, -0.05) is 47.6 Å². The predicted molar refractivity (Wildman–Crippen MR) is 245 cm³/mol. The monoisotopic (exact) mass is 917 g/mol. The van der Waals surface area contributed by atoms with Crippen molar-refractivity contribution in [3.05, 3.63) is 126 Å². The van der Waals surface area contributed by atoms with Gasteiger partial charge in [0.25, 0.3) is 12.0 Å². The first-order chi connectivity index (χ1) is 29.9. The van der Waals surface area contributed by atoms with Crippen LogP contribution in [-0.4, -0.2) is 75.3 Å². The SMILES string of the molecule is Brc1ccc(OC[C@@H]2Cn3c(nc4ccccc43)O2)cc1.C.Cn1nccc1-c1ccc(OC[C@@H]2Cn3c(nc4ccccc43)O2)cc1.Cn1nccc1N1OC(C)(C)C(C)(C)O1. The van der Waals surface area contributed by atoms with E-state index in [0.29, 0.717) is 25.2 Å². The second-order valence-electron chi connectivity index (χ2n) is 16.2. The number of hydrogen-bond donors (Lipinski definition) is 0. The van der Waals surface area contributed by atoms with Gasteiger partial charge >= 0.3 is 0 Å². The van der Waals surface area contributed by atoms with Crippen LogP contribution in [0.2, 0.25) is 0 Å². The van der Waals surface area contributed by atoms with Crippen LogP contribution >= 0.6 is 15.9 Å². The van der Waals surface area contributed by atoms with Crippen LogP contribution in [0.15, 0.2) is 126 Å². The largest absolute Gasteiger partial charge is 0.490 e. The first-order valence-corrected chi connectivity index (χ1v) is 21.2. The van der Waals surface area contributed by atoms with E-state index in [4.69, 9.17) is 28.6 Å². The fraction of sp³-hybridized carbons (Fsp3) is 0.319. The molecular formula is C47H52BrN9O6. The Bertz CT molecular complexity index is 2780. The number of aryl methyl sites for hydroxylation is 2. The topological polar surface area (TPSA) is 130 Å². The van der Waals surface area contributed by atoms with Crippen molar-refractivity contribution in [2.24, 2.45) is 14.1 Å². The van der Waals surface area contributed by atoms with Crippen LogP contribution in [0.4, 0.5) is 5.82 Å². The number of imidazole rings is 2. The van der Waals surface area contributed by atoms with Crippen molar-refractivity contribution in [3.8, 4) is 34.8 Å². The Balaban J connectivity index is 0.000000133. The van der Waals surface area contributed by atoms with Crippen molar-refractivity contribution in [1.29, 1.82) is 0 Å². The van der Waals surface area contributed by atoms with Crippen LogP contribution in [0.1, 0.15) is 35.1 Å². The number of halogens is 1. The molecule has 16 heteroatoms. The molecule has 2 atom stereocenters. The number of para-hydroxylation sites is 4. The zero-order valence-corrected chi connectivity index (χ0v) is 37.0. The van der Waals surface area contributed by atoms with E-state index in [9.17, 15) is 0 Å². The Labute approximate surface area is 374 Å². The van der Waals surface area contributed by atoms with Gasteiger partial charge in [0, 0.05) is 36.4 Å². The third kappa shape index (κ3) is 9.10. The quantitative estimate of drug-likeness (QED) is 0.145. The van der Waals surface area contributed by atoms with E-state index in [1.807, 2.05) is 144 Å². The van der Waals surface area contributed by atoms with Gasteiger partial charge in [-0.15, -0.1) is 5.23 Å². The Morgan fingerprint density at radius 2 is 1.10 bits per heavy atom. The van der Waals surface area contributed by atoms with Gasteiger partial charge in [0.2, 0.25) is 0 Å². The molecule has 1 saturated heterocycles. The highest BCUT2D eigenvalue weighted by atomic mass is 79.9. The van der Waals surface area contributed by atoms with Gasteiger partial charge in [-0.2, -0.15) is 20.2 Å². The summed E-state index contributed by atoms with van der Waals surface area (Å²) in [5, 5.41) is 9.71. The van der Waals surface area contributed by atoms with Crippen LogP contribution in [0, 0.1) is 0 Å². The normalized spacial score (nSPS) is 17.7. The van der Waals surface area contributed by atoms with Gasteiger partial charge in [-0.25, -0.2) is 14.4 Å². The molecule has 63 heavy (non-hydrogen) atoms. The van der Waals surface area contributed by atoms with Gasteiger partial charge in [0.05, 0.1) is 47.0 Å². The molecule has 0 N–H and O–H groups in total. The van der Waals surface area contributed by atoms with E-state index < -0.39 is 0 Å². The van der Waals surface area contributed by atoms with Crippen molar-refractivity contribution in [1.82, 2.24) is 38.7 Å². The smallest absolute Gasteiger partial charge is 0.297 e. The van der Waals surface area contributed by atoms with Crippen LogP contribution < -0.4 is 24.2 Å². The molecule has 0 aliphatic carbocycles. The summed E-state index contributed by atoms with van der Waals surface area (Å²) in [6.45, 7) is 10.5. The third-order valence-corrected chi connectivity index (χ3v) is 11.8. The van der Waals surface area contributed by atoms with Crippen molar-refractivity contribution < 1.29 is 28.6 Å². The maximum atomic E-state index is 5.93. The maximum Gasteiger partial charge on any atom is 0.297 e. The summed E-state index contributed by atoms with van der Waals surface area (Å²) in [6, 6.07) is 37.2. The summed E-state index contributed by atoms with van der Waals surface area (Å²) in [5.74, 6) is 2.46. The summed E-state index contributed by atoms with van der Waals surface area (Å²) in [6.07, 6.45) is 3.48. The molecule has 0 bridgehead atoms. The van der Waals surface area contributed by atoms with Gasteiger partial charge in [0.15, 0.2) is 18.0 Å². The highest BCUT2D eigenvalue weighted by molar-refractivity contribution is 9.10. The van der Waals surface area contributed by atoms with E-state index in [1.54, 1.807) is 17.1 Å². The molecule has 0 radical (unpaired) electrons. The number of anilines is 1. The standard InChI is InChI=1S/C20H18N4O2.C16H13BrN2O2.C10H17N3O2.CH4/c1-23-18(10-11-21-23)14-6-8-15(9-7-14)25-13-16-12-24-19-5-3-2-4-17(19)22-20(24)26-16;17-11-5-7-12(8-6-11)20-10-13-9-19-15-4-2-1-3-14(15)18-16(19)21-13;1-9(2)10(3,4)15-13(14-9)8-6-7-11-12(8)5;/h2-11,16H,12-13H2,1H3;1-8,13H,9-10H2;6-7H,1-5H3;1H4/t16-;13-;;/m00../s1. The summed E-state index contributed by atoms with van der Waals surface area (Å²) < 4.78 is 32.3. The fourth-order valence-electron chi connectivity index (χ4n) is 7.17. The molecule has 3 aliphatic rings. The molecule has 7 heterocycles. The zero-order valence-electron chi connectivity index (χ0n) is 35.4. The number of hydrogen-bond acceptors (Lipinski definition) is 11. The first-order valence-electron chi connectivity index (χ1n) is 20.4. The Morgan fingerprint density at radius 3 is 1.57 bits per heavy atom. The van der Waals surface area contributed by atoms with E-state index >= 15 is 0 Å². The lowest BCUT2D eigenvalue weighted by atomic mass is 9.90. The van der Waals surface area contributed by atoms with Crippen molar-refractivity contribution in [3.63, 3.8) is 0 Å². The lowest BCUT2D eigenvalue weighted by molar-refractivity contribution is -0.0307. The number of ether oxygens (including phenoxy) is 4. The van der Waals surface area contributed by atoms with Gasteiger partial charge < -0.3 is 18.9 Å². The number of aromatic nitrogens is 8. The second-order valence-corrected chi connectivity index (χ2v) is 17.1. The Morgan fingerprint density at radius 1 is 0.619 bits per heavy atom. The van der Waals surface area contributed by atoms with E-state index in [1.165, 1.54) is 5.23 Å². The average Bonchev–Trinajstić information content (AvgIpc) is 4.13. The average molecular weight is 919 g/mol. The molecule has 0 spiro atoms. The highest BCUT2D eigenvalue weighted by Gasteiger charge is 2.50. The minimum absolute atomic E-state index is 0. The lowest BCUT2D eigenvalue weighted by Crippen LogP contribution is -2.41. The van der Waals surface area contributed by atoms with E-state index in [-0.39, 0.29) is 30.8 Å². The second kappa shape index (κ2) is 17.8. The Kier molecular flexibility index (Phi) is 12.2. The lowest BCUT2D eigenvalue weighted by Gasteiger charge is -2.26. The molecule has 4 aromatic heterocycles. The van der Waals surface area contributed by atoms with Gasteiger partial charge in [-0.3, -0.25) is 13.8 Å². The van der Waals surface area contributed by atoms with Crippen LogP contribution in [0.5, 0.6) is 23.5 Å². The predicted octanol–water partition coefficient (Wildman–Crippen LogP) is 9.21. The molecule has 11 rings (SSSR count). The van der Waals surface area contributed by atoms with Crippen molar-refractivity contribution in [2.45, 2.75) is 71.6 Å². The number of fused-ring (bicyclic) bond motifs is 6. The van der Waals surface area contributed by atoms with Gasteiger partial charge in [0.1, 0.15) is 35.9 Å². The molecule has 1 fully saturated rings. The molecular weight excluding hydrogens is 866 g/mol. The Hall–Kier alpha value is -6.36. The minimum Gasteiger partial charge on any atom is -0.490 e. The number of rotatable bonds is 8. The molecule has 0 saturated carbocycles. The maximum absolute atomic E-state index is 5.93. The molecule has 3 aliphatic heterocycles. The van der Waals surface area contributed by atoms with Crippen molar-refractivity contribution in [2.75, 3.05) is 18.4 Å². The molecule has 0 unspecified atom stereocenters. The zero-order chi connectivity index (χ0) is 43.0. The fourth-order valence-corrected chi connectivity index (χ4v) is 7.44. The van der Waals surface area contributed by atoms with Gasteiger partial charge in [-0.05, 0) is 107 Å². The number of benzene rings is 4. The molecule has 15 nitrogen and oxygen atoms in total. The summed E-state index contributed by atoms with van der Waals surface area (Å²) >= 11 is 3.41. The summed E-state index contributed by atoms with van der Waals surface area (Å²) in [4.78, 5) is 20.5. The van der Waals surface area contributed by atoms with Crippen LogP contribution in [0.3, 0.4) is 0 Å².